The van der Waals surface area contributed by atoms with Crippen LogP contribution in [-0.4, -0.2) is 26.1 Å². The fourth-order valence-electron chi connectivity index (χ4n) is 2.70. The summed E-state index contributed by atoms with van der Waals surface area (Å²) in [5, 5.41) is 0. The Bertz CT molecular complexity index is 809. The first-order valence-corrected chi connectivity index (χ1v) is 8.67. The Kier molecular flexibility index (Phi) is 6.59. The summed E-state index contributed by atoms with van der Waals surface area (Å²) in [7, 11) is 0. The maximum atomic E-state index is 12.2. The molecule has 0 N–H and O–H groups in total. The zero-order chi connectivity index (χ0) is 19.1. The van der Waals surface area contributed by atoms with Gasteiger partial charge < -0.3 is 14.2 Å². The summed E-state index contributed by atoms with van der Waals surface area (Å²) < 4.78 is 39.9. The maximum absolute atomic E-state index is 12.2. The second kappa shape index (κ2) is 9.31. The molecule has 27 heavy (non-hydrogen) atoms. The molecule has 1 saturated heterocycles. The molecule has 0 aromatic heterocycles. The van der Waals surface area contributed by atoms with Crippen LogP contribution in [0.15, 0.2) is 60.7 Å². The molecule has 1 fully saturated rings. The molecule has 3 nitrogen and oxygen atoms in total. The van der Waals surface area contributed by atoms with Gasteiger partial charge in [0.15, 0.2) is 0 Å². The molecule has 0 spiro atoms. The molecule has 3 rings (SSSR count). The highest BCUT2D eigenvalue weighted by atomic mass is 19.3. The number of alkyl halides is 2. The van der Waals surface area contributed by atoms with Crippen LogP contribution in [0, 0.1) is 17.8 Å². The van der Waals surface area contributed by atoms with E-state index in [0.717, 1.165) is 16.7 Å². The van der Waals surface area contributed by atoms with Gasteiger partial charge >= 0.3 is 6.61 Å². The van der Waals surface area contributed by atoms with Crippen molar-refractivity contribution in [3.8, 4) is 28.7 Å². The minimum atomic E-state index is -2.82. The average molecular weight is 370 g/mol. The molecule has 2 aromatic carbocycles. The van der Waals surface area contributed by atoms with Crippen molar-refractivity contribution in [3.05, 3.63) is 66.2 Å². The number of hydrogen-bond acceptors (Lipinski definition) is 3. The Labute approximate surface area is 157 Å². The smallest absolute Gasteiger partial charge is 0.387 e. The van der Waals surface area contributed by atoms with Gasteiger partial charge in [-0.3, -0.25) is 0 Å². The molecule has 5 heteroatoms. The van der Waals surface area contributed by atoms with Crippen LogP contribution in [0.5, 0.6) is 5.75 Å². The molecular weight excluding hydrogens is 350 g/mol. The monoisotopic (exact) mass is 370 g/mol. The summed E-state index contributed by atoms with van der Waals surface area (Å²) in [5.74, 6) is 6.45. The molecule has 0 bridgehead atoms. The zero-order valence-electron chi connectivity index (χ0n) is 14.9. The molecule has 140 valence electrons. The van der Waals surface area contributed by atoms with E-state index in [4.69, 9.17) is 9.47 Å². The lowest BCUT2D eigenvalue weighted by Crippen LogP contribution is -2.30. The number of benzene rings is 2. The summed E-state index contributed by atoms with van der Waals surface area (Å²) >= 11 is 0. The number of rotatable bonds is 4. The first kappa shape index (κ1) is 19.1. The van der Waals surface area contributed by atoms with Gasteiger partial charge in [-0.25, -0.2) is 0 Å². The van der Waals surface area contributed by atoms with Gasteiger partial charge in [-0.05, 0) is 48.2 Å². The number of ether oxygens (including phenoxy) is 3. The van der Waals surface area contributed by atoms with Crippen molar-refractivity contribution >= 4 is 0 Å². The van der Waals surface area contributed by atoms with Gasteiger partial charge in [0.25, 0.3) is 0 Å². The van der Waals surface area contributed by atoms with E-state index < -0.39 is 12.9 Å². The molecule has 0 aliphatic carbocycles. The van der Waals surface area contributed by atoms with E-state index in [-0.39, 0.29) is 11.7 Å². The Morgan fingerprint density at radius 3 is 2.15 bits per heavy atom. The molecule has 1 aliphatic rings. The molecule has 1 aliphatic heterocycles. The number of allylic oxidation sites excluding steroid dienone is 1. The predicted molar refractivity (Wildman–Crippen MR) is 99.4 cm³/mol. The number of halogens is 2. The van der Waals surface area contributed by atoms with Crippen molar-refractivity contribution in [1.82, 2.24) is 0 Å². The fraction of sp³-hybridized carbons (Fsp3) is 0.273. The highest BCUT2D eigenvalue weighted by Gasteiger charge is 2.18. The molecule has 1 heterocycles. The Morgan fingerprint density at radius 2 is 1.59 bits per heavy atom. The van der Waals surface area contributed by atoms with Gasteiger partial charge in [0, 0.05) is 11.5 Å². The van der Waals surface area contributed by atoms with E-state index in [9.17, 15) is 8.78 Å². The van der Waals surface area contributed by atoms with Crippen LogP contribution < -0.4 is 4.74 Å². The molecule has 0 amide bonds. The van der Waals surface area contributed by atoms with E-state index in [0.29, 0.717) is 13.2 Å². The summed E-state index contributed by atoms with van der Waals surface area (Å²) in [6.45, 7) is 0.364. The second-order valence-electron chi connectivity index (χ2n) is 6.03. The molecular formula is C22H20F2O3. The third-order valence-electron chi connectivity index (χ3n) is 4.02. The lowest BCUT2D eigenvalue weighted by molar-refractivity contribution is -0.160. The van der Waals surface area contributed by atoms with Crippen molar-refractivity contribution in [3.63, 3.8) is 0 Å². The molecule has 0 radical (unpaired) electrons. The van der Waals surface area contributed by atoms with Crippen LogP contribution in [0.3, 0.4) is 0 Å². The van der Waals surface area contributed by atoms with Gasteiger partial charge in [-0.15, -0.1) is 0 Å². The van der Waals surface area contributed by atoms with E-state index in [1.807, 2.05) is 37.3 Å². The number of hydrogen-bond donors (Lipinski definition) is 0. The minimum absolute atomic E-state index is 0.139. The van der Waals surface area contributed by atoms with Crippen molar-refractivity contribution in [2.75, 3.05) is 13.2 Å². The van der Waals surface area contributed by atoms with E-state index in [1.54, 1.807) is 12.1 Å². The molecule has 0 atom stereocenters. The zero-order valence-corrected chi connectivity index (χ0v) is 14.9. The standard InChI is InChI=1S/C22H20F2O3/c1-2-3-17-14-25-21(26-15-17)13-6-16-4-7-18(8-5-16)19-9-11-20(12-10-19)27-22(23)24/h2-5,7-12,17,21-22H,14-15H2,1H3/t17-,21-. The van der Waals surface area contributed by atoms with Gasteiger partial charge in [0.05, 0.1) is 13.2 Å². The van der Waals surface area contributed by atoms with Crippen molar-refractivity contribution in [1.29, 1.82) is 0 Å². The van der Waals surface area contributed by atoms with Crippen LogP contribution in [0.2, 0.25) is 0 Å². The van der Waals surface area contributed by atoms with Crippen LogP contribution in [0.1, 0.15) is 12.5 Å². The first-order valence-electron chi connectivity index (χ1n) is 8.67. The minimum Gasteiger partial charge on any atom is -0.435 e. The molecule has 2 aromatic rings. The van der Waals surface area contributed by atoms with Gasteiger partial charge in [-0.1, -0.05) is 42.3 Å². The molecule has 0 unspecified atom stereocenters. The Hall–Kier alpha value is -2.68. The highest BCUT2D eigenvalue weighted by molar-refractivity contribution is 5.65. The van der Waals surface area contributed by atoms with Gasteiger partial charge in [0.1, 0.15) is 5.75 Å². The lowest BCUT2D eigenvalue weighted by Gasteiger charge is -2.24. The third kappa shape index (κ3) is 5.65. The van der Waals surface area contributed by atoms with E-state index in [1.165, 1.54) is 12.1 Å². The SMILES string of the molecule is CC=C[C@H]1CO[C@H](C#Cc2ccc(-c3ccc(OC(F)F)cc3)cc2)OC1. The van der Waals surface area contributed by atoms with Crippen LogP contribution in [0.25, 0.3) is 11.1 Å². The lowest BCUT2D eigenvalue weighted by atomic mass is 10.0. The van der Waals surface area contributed by atoms with E-state index >= 15 is 0 Å². The summed E-state index contributed by atoms with van der Waals surface area (Å²) in [5.41, 5.74) is 2.72. The van der Waals surface area contributed by atoms with Crippen LogP contribution in [0.4, 0.5) is 8.78 Å². The summed E-state index contributed by atoms with van der Waals surface area (Å²) in [6.07, 6.45) is 3.55. The Morgan fingerprint density at radius 1 is 1.00 bits per heavy atom. The summed E-state index contributed by atoms with van der Waals surface area (Å²) in [4.78, 5) is 0. The maximum Gasteiger partial charge on any atom is 0.387 e. The van der Waals surface area contributed by atoms with Gasteiger partial charge in [0.2, 0.25) is 6.29 Å². The quantitative estimate of drug-likeness (QED) is 0.568. The predicted octanol–water partition coefficient (Wildman–Crippen LogP) is 4.87. The topological polar surface area (TPSA) is 27.7 Å². The Balaban J connectivity index is 1.60. The molecule has 0 saturated carbocycles. The fourth-order valence-corrected chi connectivity index (χ4v) is 2.70. The highest BCUT2D eigenvalue weighted by Crippen LogP contribution is 2.23. The second-order valence-corrected chi connectivity index (χ2v) is 6.03. The van der Waals surface area contributed by atoms with Crippen molar-refractivity contribution < 1.29 is 23.0 Å². The first-order chi connectivity index (χ1) is 13.1. The van der Waals surface area contributed by atoms with Crippen molar-refractivity contribution in [2.24, 2.45) is 5.92 Å². The normalized spacial score (nSPS) is 19.7. The van der Waals surface area contributed by atoms with Gasteiger partial charge in [-0.2, -0.15) is 8.78 Å². The third-order valence-corrected chi connectivity index (χ3v) is 4.02. The van der Waals surface area contributed by atoms with Crippen molar-refractivity contribution in [2.45, 2.75) is 19.8 Å². The van der Waals surface area contributed by atoms with Crippen LogP contribution in [-0.2, 0) is 9.47 Å². The largest absolute Gasteiger partial charge is 0.435 e. The summed E-state index contributed by atoms with van der Waals surface area (Å²) in [6, 6.07) is 14.2. The van der Waals surface area contributed by atoms with Crippen LogP contribution >= 0.6 is 0 Å². The van der Waals surface area contributed by atoms with E-state index in [2.05, 4.69) is 22.7 Å². The average Bonchev–Trinajstić information content (AvgIpc) is 2.68.